The summed E-state index contributed by atoms with van der Waals surface area (Å²) < 4.78 is 2.03. The maximum atomic E-state index is 11.8. The Morgan fingerprint density at radius 2 is 2.17 bits per heavy atom. The molecule has 18 heavy (non-hydrogen) atoms. The minimum absolute atomic E-state index is 0.0464. The van der Waals surface area contributed by atoms with Gasteiger partial charge in [-0.3, -0.25) is 4.79 Å². The zero-order chi connectivity index (χ0) is 13.6. The van der Waals surface area contributed by atoms with Crippen LogP contribution in [0, 0.1) is 0 Å². The quantitative estimate of drug-likeness (QED) is 0.747. The smallest absolute Gasteiger partial charge is 0.237 e. The number of nitrogens with zero attached hydrogens (tertiary/aromatic N) is 2. The molecular formula is C13H24N4O. The van der Waals surface area contributed by atoms with Gasteiger partial charge in [0.2, 0.25) is 5.91 Å². The molecule has 0 aliphatic rings. The van der Waals surface area contributed by atoms with Crippen molar-refractivity contribution in [1.82, 2.24) is 20.2 Å². The average molecular weight is 252 g/mol. The second-order valence-corrected chi connectivity index (χ2v) is 5.57. The van der Waals surface area contributed by atoms with E-state index in [1.165, 1.54) is 0 Å². The molecule has 1 aromatic rings. The maximum absolute atomic E-state index is 11.8. The third-order valence-corrected chi connectivity index (χ3v) is 2.49. The summed E-state index contributed by atoms with van der Waals surface area (Å²) in [5.74, 6) is 0.0464. The molecule has 0 aromatic carbocycles. The van der Waals surface area contributed by atoms with Crippen LogP contribution in [0.25, 0.3) is 0 Å². The van der Waals surface area contributed by atoms with Gasteiger partial charge in [-0.05, 0) is 40.7 Å². The number of amides is 1. The van der Waals surface area contributed by atoms with Crippen LogP contribution in [0.15, 0.2) is 18.7 Å². The number of imidazole rings is 1. The molecule has 1 amide bonds. The van der Waals surface area contributed by atoms with Crippen LogP contribution in [0.2, 0.25) is 0 Å². The minimum Gasteiger partial charge on any atom is -0.350 e. The molecule has 2 N–H and O–H groups in total. The fraction of sp³-hybridized carbons (Fsp3) is 0.692. The summed E-state index contributed by atoms with van der Waals surface area (Å²) >= 11 is 0. The number of rotatable bonds is 6. The molecule has 0 saturated carbocycles. The number of aryl methyl sites for hydroxylation is 1. The van der Waals surface area contributed by atoms with E-state index in [1.54, 1.807) is 12.5 Å². The Bertz CT molecular complexity index is 354. The van der Waals surface area contributed by atoms with Gasteiger partial charge in [0.15, 0.2) is 0 Å². The molecular weight excluding hydrogens is 228 g/mol. The first kappa shape index (κ1) is 14.7. The average Bonchev–Trinajstić information content (AvgIpc) is 2.74. The predicted octanol–water partition coefficient (Wildman–Crippen LogP) is 1.17. The van der Waals surface area contributed by atoms with Crippen molar-refractivity contribution in [2.45, 2.75) is 52.2 Å². The highest BCUT2D eigenvalue weighted by atomic mass is 16.2. The van der Waals surface area contributed by atoms with Gasteiger partial charge in [0.1, 0.15) is 0 Å². The molecule has 1 aromatic heterocycles. The molecule has 1 rings (SSSR count). The zero-order valence-corrected chi connectivity index (χ0v) is 11.7. The van der Waals surface area contributed by atoms with Crippen LogP contribution >= 0.6 is 0 Å². The van der Waals surface area contributed by atoms with Gasteiger partial charge in [0.25, 0.3) is 0 Å². The molecule has 1 unspecified atom stereocenters. The first-order valence-corrected chi connectivity index (χ1v) is 6.39. The van der Waals surface area contributed by atoms with E-state index in [0.29, 0.717) is 0 Å². The Balaban J connectivity index is 2.16. The van der Waals surface area contributed by atoms with Crippen molar-refractivity contribution in [2.24, 2.45) is 0 Å². The van der Waals surface area contributed by atoms with E-state index in [9.17, 15) is 4.79 Å². The highest BCUT2D eigenvalue weighted by molar-refractivity contribution is 5.81. The van der Waals surface area contributed by atoms with Crippen LogP contribution in [0.1, 0.15) is 34.1 Å². The minimum atomic E-state index is -0.177. The fourth-order valence-electron chi connectivity index (χ4n) is 1.57. The molecule has 1 heterocycles. The van der Waals surface area contributed by atoms with Gasteiger partial charge in [-0.25, -0.2) is 4.98 Å². The number of carbonyl (C=O) groups is 1. The largest absolute Gasteiger partial charge is 0.350 e. The van der Waals surface area contributed by atoms with Crippen molar-refractivity contribution >= 4 is 5.91 Å². The summed E-state index contributed by atoms with van der Waals surface area (Å²) in [7, 11) is 0. The molecule has 5 heteroatoms. The molecule has 5 nitrogen and oxygen atoms in total. The van der Waals surface area contributed by atoms with Crippen molar-refractivity contribution in [3.63, 3.8) is 0 Å². The van der Waals surface area contributed by atoms with Gasteiger partial charge < -0.3 is 15.2 Å². The van der Waals surface area contributed by atoms with Gasteiger partial charge in [-0.15, -0.1) is 0 Å². The van der Waals surface area contributed by atoms with Crippen LogP contribution in [-0.2, 0) is 11.3 Å². The first-order valence-electron chi connectivity index (χ1n) is 6.39. The van der Waals surface area contributed by atoms with Crippen LogP contribution in [0.4, 0.5) is 0 Å². The van der Waals surface area contributed by atoms with Gasteiger partial charge in [-0.1, -0.05) is 0 Å². The summed E-state index contributed by atoms with van der Waals surface area (Å²) in [6, 6.07) is -0.160. The Kier molecular flexibility index (Phi) is 5.34. The number of hydrogen-bond donors (Lipinski definition) is 2. The Labute approximate surface area is 109 Å². The van der Waals surface area contributed by atoms with E-state index < -0.39 is 0 Å². The molecule has 0 spiro atoms. The molecule has 102 valence electrons. The third kappa shape index (κ3) is 5.82. The van der Waals surface area contributed by atoms with Crippen LogP contribution in [0.3, 0.4) is 0 Å². The lowest BCUT2D eigenvalue weighted by Crippen LogP contribution is -2.49. The molecule has 0 aliphatic heterocycles. The topological polar surface area (TPSA) is 59.0 Å². The lowest BCUT2D eigenvalue weighted by molar-refractivity contribution is -0.124. The Morgan fingerprint density at radius 3 is 2.72 bits per heavy atom. The van der Waals surface area contributed by atoms with Gasteiger partial charge in [0, 0.05) is 24.5 Å². The van der Waals surface area contributed by atoms with E-state index in [1.807, 2.05) is 38.5 Å². The van der Waals surface area contributed by atoms with E-state index in [2.05, 4.69) is 15.6 Å². The Hall–Kier alpha value is -1.36. The SMILES string of the molecule is CC(NCCCn1ccnc1)C(=O)NC(C)(C)C. The van der Waals surface area contributed by atoms with Gasteiger partial charge in [-0.2, -0.15) is 0 Å². The summed E-state index contributed by atoms with van der Waals surface area (Å²) in [4.78, 5) is 15.8. The van der Waals surface area contributed by atoms with Crippen LogP contribution < -0.4 is 10.6 Å². The summed E-state index contributed by atoms with van der Waals surface area (Å²) in [6.07, 6.45) is 6.49. The van der Waals surface area contributed by atoms with E-state index in [0.717, 1.165) is 19.5 Å². The lowest BCUT2D eigenvalue weighted by atomic mass is 10.1. The maximum Gasteiger partial charge on any atom is 0.237 e. The normalized spacial score (nSPS) is 13.3. The highest BCUT2D eigenvalue weighted by Crippen LogP contribution is 1.99. The van der Waals surface area contributed by atoms with Crippen molar-refractivity contribution in [2.75, 3.05) is 6.54 Å². The molecule has 0 aliphatic carbocycles. The summed E-state index contributed by atoms with van der Waals surface area (Å²) in [6.45, 7) is 9.57. The number of nitrogens with one attached hydrogen (secondary N) is 2. The zero-order valence-electron chi connectivity index (χ0n) is 11.7. The molecule has 1 atom stereocenters. The van der Waals surface area contributed by atoms with Crippen LogP contribution in [0.5, 0.6) is 0 Å². The van der Waals surface area contributed by atoms with E-state index in [-0.39, 0.29) is 17.5 Å². The standard InChI is InChI=1S/C13H24N4O/c1-11(12(18)16-13(2,3)4)15-6-5-8-17-9-7-14-10-17/h7,9-11,15H,5-6,8H2,1-4H3,(H,16,18). The highest BCUT2D eigenvalue weighted by Gasteiger charge is 2.18. The second-order valence-electron chi connectivity index (χ2n) is 5.57. The summed E-state index contributed by atoms with van der Waals surface area (Å²) in [5, 5.41) is 6.18. The van der Waals surface area contributed by atoms with Crippen molar-refractivity contribution in [3.8, 4) is 0 Å². The van der Waals surface area contributed by atoms with E-state index >= 15 is 0 Å². The van der Waals surface area contributed by atoms with Crippen molar-refractivity contribution < 1.29 is 4.79 Å². The second kappa shape index (κ2) is 6.54. The fourth-order valence-corrected chi connectivity index (χ4v) is 1.57. The van der Waals surface area contributed by atoms with Crippen LogP contribution in [-0.4, -0.2) is 33.6 Å². The van der Waals surface area contributed by atoms with Gasteiger partial charge >= 0.3 is 0 Å². The first-order chi connectivity index (χ1) is 8.38. The molecule has 0 radical (unpaired) electrons. The number of aromatic nitrogens is 2. The molecule has 0 saturated heterocycles. The monoisotopic (exact) mass is 252 g/mol. The third-order valence-electron chi connectivity index (χ3n) is 2.49. The van der Waals surface area contributed by atoms with Gasteiger partial charge in [0.05, 0.1) is 12.4 Å². The lowest BCUT2D eigenvalue weighted by Gasteiger charge is -2.23. The summed E-state index contributed by atoms with van der Waals surface area (Å²) in [5.41, 5.74) is -0.177. The molecule has 0 bridgehead atoms. The van der Waals surface area contributed by atoms with E-state index in [4.69, 9.17) is 0 Å². The molecule has 0 fully saturated rings. The predicted molar refractivity (Wildman–Crippen MR) is 72.2 cm³/mol. The Morgan fingerprint density at radius 1 is 1.44 bits per heavy atom. The van der Waals surface area contributed by atoms with Crippen molar-refractivity contribution in [1.29, 1.82) is 0 Å². The number of carbonyl (C=O) groups excluding carboxylic acids is 1. The number of hydrogen-bond acceptors (Lipinski definition) is 3. The van der Waals surface area contributed by atoms with Crippen molar-refractivity contribution in [3.05, 3.63) is 18.7 Å².